The highest BCUT2D eigenvalue weighted by atomic mass is 19.1. The first-order chi connectivity index (χ1) is 8.81. The Balaban J connectivity index is 2.10. The van der Waals surface area contributed by atoms with Gasteiger partial charge in [0.2, 0.25) is 0 Å². The predicted molar refractivity (Wildman–Crippen MR) is 73.1 cm³/mol. The molecule has 0 spiro atoms. The standard InChI is InChI=1S/C15H23FN2/c1-2-3-4-15(18-11-9-17-10-12-18)13-5-7-14(16)8-6-13/h5-8,15,17H,2-4,9-12H2,1H3. The molecule has 1 atom stereocenters. The van der Waals surface area contributed by atoms with Crippen molar-refractivity contribution >= 4 is 0 Å². The molecule has 1 fully saturated rings. The molecule has 3 heteroatoms. The molecule has 1 aliphatic rings. The molecular formula is C15H23FN2. The van der Waals surface area contributed by atoms with E-state index in [4.69, 9.17) is 0 Å². The lowest BCUT2D eigenvalue weighted by Gasteiger charge is -2.35. The topological polar surface area (TPSA) is 15.3 Å². The van der Waals surface area contributed by atoms with Gasteiger partial charge in [-0.15, -0.1) is 0 Å². The summed E-state index contributed by atoms with van der Waals surface area (Å²) < 4.78 is 13.0. The quantitative estimate of drug-likeness (QED) is 0.864. The molecule has 1 N–H and O–H groups in total. The minimum atomic E-state index is -0.145. The van der Waals surface area contributed by atoms with Crippen LogP contribution in [0.5, 0.6) is 0 Å². The van der Waals surface area contributed by atoms with Gasteiger partial charge in [-0.3, -0.25) is 4.90 Å². The zero-order chi connectivity index (χ0) is 12.8. The molecule has 0 saturated carbocycles. The number of rotatable bonds is 5. The first-order valence-corrected chi connectivity index (χ1v) is 7.01. The van der Waals surface area contributed by atoms with Gasteiger partial charge in [-0.25, -0.2) is 4.39 Å². The Bertz CT molecular complexity index is 344. The summed E-state index contributed by atoms with van der Waals surface area (Å²) in [4.78, 5) is 2.53. The molecule has 2 rings (SSSR count). The Morgan fingerprint density at radius 2 is 1.89 bits per heavy atom. The van der Waals surface area contributed by atoms with Crippen LogP contribution in [0.15, 0.2) is 24.3 Å². The van der Waals surface area contributed by atoms with Gasteiger partial charge in [0, 0.05) is 32.2 Å². The van der Waals surface area contributed by atoms with Crippen LogP contribution in [0.1, 0.15) is 37.8 Å². The van der Waals surface area contributed by atoms with Crippen molar-refractivity contribution in [2.45, 2.75) is 32.2 Å². The van der Waals surface area contributed by atoms with Gasteiger partial charge in [0.05, 0.1) is 0 Å². The molecule has 1 aromatic carbocycles. The third-order valence-electron chi connectivity index (χ3n) is 3.68. The fourth-order valence-electron chi connectivity index (χ4n) is 2.64. The Labute approximate surface area is 109 Å². The molecule has 0 amide bonds. The summed E-state index contributed by atoms with van der Waals surface area (Å²) in [6, 6.07) is 7.50. The zero-order valence-electron chi connectivity index (χ0n) is 11.2. The molecule has 100 valence electrons. The molecule has 2 nitrogen and oxygen atoms in total. The molecule has 1 saturated heterocycles. The molecule has 0 aromatic heterocycles. The van der Waals surface area contributed by atoms with Crippen molar-refractivity contribution in [1.82, 2.24) is 10.2 Å². The molecule has 18 heavy (non-hydrogen) atoms. The van der Waals surface area contributed by atoms with E-state index in [0.29, 0.717) is 6.04 Å². The van der Waals surface area contributed by atoms with Crippen LogP contribution in [0.2, 0.25) is 0 Å². The summed E-state index contributed by atoms with van der Waals surface area (Å²) in [6.45, 7) is 6.52. The Morgan fingerprint density at radius 1 is 1.22 bits per heavy atom. The van der Waals surface area contributed by atoms with Crippen LogP contribution in [0.25, 0.3) is 0 Å². The molecule has 1 unspecified atom stereocenters. The maximum absolute atomic E-state index is 13.0. The largest absolute Gasteiger partial charge is 0.314 e. The lowest BCUT2D eigenvalue weighted by Crippen LogP contribution is -2.45. The molecule has 1 heterocycles. The Morgan fingerprint density at radius 3 is 2.50 bits per heavy atom. The highest BCUT2D eigenvalue weighted by molar-refractivity contribution is 5.20. The molecule has 0 radical (unpaired) electrons. The highest BCUT2D eigenvalue weighted by Crippen LogP contribution is 2.26. The van der Waals surface area contributed by atoms with Crippen LogP contribution in [-0.2, 0) is 0 Å². The van der Waals surface area contributed by atoms with Crippen molar-refractivity contribution in [2.24, 2.45) is 0 Å². The van der Waals surface area contributed by atoms with Crippen molar-refractivity contribution in [1.29, 1.82) is 0 Å². The van der Waals surface area contributed by atoms with Crippen molar-refractivity contribution in [3.63, 3.8) is 0 Å². The van der Waals surface area contributed by atoms with Gasteiger partial charge in [-0.05, 0) is 24.1 Å². The van der Waals surface area contributed by atoms with Gasteiger partial charge in [0.15, 0.2) is 0 Å². The molecule has 0 bridgehead atoms. The highest BCUT2D eigenvalue weighted by Gasteiger charge is 2.21. The maximum atomic E-state index is 13.0. The van der Waals surface area contributed by atoms with Crippen molar-refractivity contribution in [3.05, 3.63) is 35.6 Å². The molecule has 1 aromatic rings. The zero-order valence-corrected chi connectivity index (χ0v) is 11.2. The maximum Gasteiger partial charge on any atom is 0.123 e. The van der Waals surface area contributed by atoms with Gasteiger partial charge < -0.3 is 5.32 Å². The summed E-state index contributed by atoms with van der Waals surface area (Å²) in [5.41, 5.74) is 1.26. The number of benzene rings is 1. The normalized spacial score (nSPS) is 18.8. The average molecular weight is 250 g/mol. The number of halogens is 1. The number of nitrogens with zero attached hydrogens (tertiary/aromatic N) is 1. The van der Waals surface area contributed by atoms with E-state index in [2.05, 4.69) is 17.1 Å². The van der Waals surface area contributed by atoms with E-state index in [0.717, 1.165) is 26.2 Å². The van der Waals surface area contributed by atoms with Gasteiger partial charge >= 0.3 is 0 Å². The fourth-order valence-corrected chi connectivity index (χ4v) is 2.64. The molecule has 1 aliphatic heterocycles. The minimum absolute atomic E-state index is 0.145. The second kappa shape index (κ2) is 6.86. The Hall–Kier alpha value is -0.930. The van der Waals surface area contributed by atoms with Crippen LogP contribution in [0.3, 0.4) is 0 Å². The number of nitrogens with one attached hydrogen (secondary N) is 1. The summed E-state index contributed by atoms with van der Waals surface area (Å²) in [7, 11) is 0. The lowest BCUT2D eigenvalue weighted by atomic mass is 9.99. The predicted octanol–water partition coefficient (Wildman–Crippen LogP) is 2.96. The number of hydrogen-bond acceptors (Lipinski definition) is 2. The SMILES string of the molecule is CCCCC(c1ccc(F)cc1)N1CCNCC1. The van der Waals surface area contributed by atoms with Crippen LogP contribution in [0, 0.1) is 5.82 Å². The Kier molecular flexibility index (Phi) is 5.14. The van der Waals surface area contributed by atoms with Gasteiger partial charge in [0.25, 0.3) is 0 Å². The van der Waals surface area contributed by atoms with Gasteiger partial charge in [-0.2, -0.15) is 0 Å². The van der Waals surface area contributed by atoms with E-state index in [-0.39, 0.29) is 5.82 Å². The summed E-state index contributed by atoms with van der Waals surface area (Å²) >= 11 is 0. The van der Waals surface area contributed by atoms with E-state index >= 15 is 0 Å². The van der Waals surface area contributed by atoms with Crippen molar-refractivity contribution in [3.8, 4) is 0 Å². The number of unbranched alkanes of at least 4 members (excludes halogenated alkanes) is 1. The second-order valence-corrected chi connectivity index (χ2v) is 5.00. The average Bonchev–Trinajstić information content (AvgIpc) is 2.42. The van der Waals surface area contributed by atoms with E-state index in [1.807, 2.05) is 12.1 Å². The lowest BCUT2D eigenvalue weighted by molar-refractivity contribution is 0.163. The third-order valence-corrected chi connectivity index (χ3v) is 3.68. The van der Waals surface area contributed by atoms with Crippen LogP contribution in [0.4, 0.5) is 4.39 Å². The van der Waals surface area contributed by atoms with E-state index in [1.165, 1.54) is 24.8 Å². The van der Waals surface area contributed by atoms with E-state index in [1.54, 1.807) is 12.1 Å². The third kappa shape index (κ3) is 3.53. The van der Waals surface area contributed by atoms with Gasteiger partial charge in [0.1, 0.15) is 5.82 Å². The van der Waals surface area contributed by atoms with E-state index < -0.39 is 0 Å². The number of piperazine rings is 1. The minimum Gasteiger partial charge on any atom is -0.314 e. The van der Waals surface area contributed by atoms with Crippen molar-refractivity contribution in [2.75, 3.05) is 26.2 Å². The number of hydrogen-bond donors (Lipinski definition) is 1. The first kappa shape index (κ1) is 13.5. The fraction of sp³-hybridized carbons (Fsp3) is 0.600. The smallest absolute Gasteiger partial charge is 0.123 e. The first-order valence-electron chi connectivity index (χ1n) is 7.01. The van der Waals surface area contributed by atoms with Gasteiger partial charge in [-0.1, -0.05) is 31.9 Å². The molecular weight excluding hydrogens is 227 g/mol. The van der Waals surface area contributed by atoms with E-state index in [9.17, 15) is 4.39 Å². The van der Waals surface area contributed by atoms with Crippen molar-refractivity contribution < 1.29 is 4.39 Å². The summed E-state index contributed by atoms with van der Waals surface area (Å²) in [5.74, 6) is -0.145. The van der Waals surface area contributed by atoms with Crippen LogP contribution < -0.4 is 5.32 Å². The molecule has 0 aliphatic carbocycles. The van der Waals surface area contributed by atoms with Crippen LogP contribution >= 0.6 is 0 Å². The second-order valence-electron chi connectivity index (χ2n) is 5.00. The van der Waals surface area contributed by atoms with Crippen LogP contribution in [-0.4, -0.2) is 31.1 Å². The summed E-state index contributed by atoms with van der Waals surface area (Å²) in [6.07, 6.45) is 3.61. The summed E-state index contributed by atoms with van der Waals surface area (Å²) in [5, 5.41) is 3.38. The monoisotopic (exact) mass is 250 g/mol.